The SMILES string of the molecule is CCCNC(=O)CCNC(=O)[C@@H](O)C(C)(C)COP(=O)(O)OI. The minimum Gasteiger partial charge on any atom is -0.383 e. The molecule has 0 aliphatic rings. The lowest BCUT2D eigenvalue weighted by Crippen LogP contribution is -2.46. The number of phosphoric ester groups is 1. The Morgan fingerprint density at radius 1 is 1.30 bits per heavy atom. The number of hydrogen-bond donors (Lipinski definition) is 4. The lowest BCUT2D eigenvalue weighted by molar-refractivity contribution is -0.136. The minimum absolute atomic E-state index is 0.0811. The van der Waals surface area contributed by atoms with Crippen LogP contribution in [0.5, 0.6) is 0 Å². The van der Waals surface area contributed by atoms with Crippen LogP contribution in [0.15, 0.2) is 0 Å². The van der Waals surface area contributed by atoms with Gasteiger partial charge in [0.1, 0.15) is 29.1 Å². The van der Waals surface area contributed by atoms with Crippen molar-refractivity contribution in [1.29, 1.82) is 0 Å². The lowest BCUT2D eigenvalue weighted by Gasteiger charge is -2.29. The van der Waals surface area contributed by atoms with Crippen LogP contribution < -0.4 is 10.6 Å². The molecule has 11 heteroatoms. The van der Waals surface area contributed by atoms with Crippen molar-refractivity contribution in [2.45, 2.75) is 39.7 Å². The highest BCUT2D eigenvalue weighted by atomic mass is 127. The Kier molecular flexibility index (Phi) is 10.5. The van der Waals surface area contributed by atoms with Crippen molar-refractivity contribution in [2.24, 2.45) is 5.41 Å². The first-order chi connectivity index (χ1) is 10.6. The van der Waals surface area contributed by atoms with Crippen LogP contribution in [0, 0.1) is 5.41 Å². The molecule has 0 bridgehead atoms. The van der Waals surface area contributed by atoms with Gasteiger partial charge in [0, 0.05) is 24.9 Å². The van der Waals surface area contributed by atoms with Crippen molar-refractivity contribution in [1.82, 2.24) is 10.6 Å². The highest BCUT2D eigenvalue weighted by Gasteiger charge is 2.36. The van der Waals surface area contributed by atoms with Gasteiger partial charge in [0.05, 0.1) is 6.61 Å². The summed E-state index contributed by atoms with van der Waals surface area (Å²) in [5.41, 5.74) is -1.12. The summed E-state index contributed by atoms with van der Waals surface area (Å²) in [4.78, 5) is 32.4. The fraction of sp³-hybridized carbons (Fsp3) is 0.833. The molecule has 0 fully saturated rings. The number of aliphatic hydroxyl groups excluding tert-OH is 1. The maximum absolute atomic E-state index is 11.9. The Hall–Kier alpha value is -0.260. The average molecular weight is 466 g/mol. The number of carbonyl (C=O) groups is 2. The lowest BCUT2D eigenvalue weighted by atomic mass is 9.87. The second kappa shape index (κ2) is 10.6. The molecule has 4 N–H and O–H groups in total. The van der Waals surface area contributed by atoms with Crippen molar-refractivity contribution >= 4 is 42.6 Å². The van der Waals surface area contributed by atoms with Crippen LogP contribution in [0.2, 0.25) is 0 Å². The van der Waals surface area contributed by atoms with Gasteiger partial charge in [-0.05, 0) is 6.42 Å². The van der Waals surface area contributed by atoms with E-state index in [4.69, 9.17) is 4.89 Å². The van der Waals surface area contributed by atoms with E-state index in [9.17, 15) is 19.3 Å². The van der Waals surface area contributed by atoms with Crippen molar-refractivity contribution < 1.29 is 31.5 Å². The number of amides is 2. The molecule has 0 aliphatic carbocycles. The molecular weight excluding hydrogens is 442 g/mol. The van der Waals surface area contributed by atoms with E-state index in [-0.39, 0.29) is 25.5 Å². The third-order valence-corrected chi connectivity index (χ3v) is 5.02. The zero-order valence-electron chi connectivity index (χ0n) is 13.4. The third-order valence-electron chi connectivity index (χ3n) is 2.90. The van der Waals surface area contributed by atoms with Gasteiger partial charge in [-0.2, -0.15) is 0 Å². The number of halogens is 1. The topological polar surface area (TPSA) is 134 Å². The summed E-state index contributed by atoms with van der Waals surface area (Å²) in [5.74, 6) is -0.880. The Bertz CT molecular complexity index is 447. The number of aliphatic hydroxyl groups is 1. The van der Waals surface area contributed by atoms with Crippen LogP contribution in [0.25, 0.3) is 0 Å². The van der Waals surface area contributed by atoms with Gasteiger partial charge in [-0.3, -0.25) is 14.1 Å². The summed E-state index contributed by atoms with van der Waals surface area (Å²) >= 11 is 1.23. The molecule has 0 aromatic heterocycles. The Morgan fingerprint density at radius 2 is 1.91 bits per heavy atom. The van der Waals surface area contributed by atoms with Gasteiger partial charge in [-0.15, -0.1) is 0 Å². The Labute approximate surface area is 149 Å². The fourth-order valence-electron chi connectivity index (χ4n) is 1.45. The summed E-state index contributed by atoms with van der Waals surface area (Å²) in [7, 11) is -4.19. The third kappa shape index (κ3) is 9.58. The second-order valence-corrected chi connectivity index (χ2v) is 8.11. The van der Waals surface area contributed by atoms with E-state index in [0.29, 0.717) is 6.54 Å². The maximum atomic E-state index is 11.9. The van der Waals surface area contributed by atoms with Gasteiger partial charge in [-0.1, -0.05) is 20.8 Å². The van der Waals surface area contributed by atoms with Gasteiger partial charge >= 0.3 is 7.82 Å². The van der Waals surface area contributed by atoms with Crippen molar-refractivity contribution in [3.05, 3.63) is 0 Å². The summed E-state index contributed by atoms with van der Waals surface area (Å²) in [5, 5.41) is 15.1. The van der Waals surface area contributed by atoms with Crippen molar-refractivity contribution in [3.8, 4) is 0 Å². The Morgan fingerprint density at radius 3 is 2.43 bits per heavy atom. The predicted molar refractivity (Wildman–Crippen MR) is 91.6 cm³/mol. The van der Waals surface area contributed by atoms with Gasteiger partial charge < -0.3 is 20.6 Å². The summed E-state index contributed by atoms with van der Waals surface area (Å²) < 4.78 is 20.1. The molecule has 136 valence electrons. The molecule has 0 radical (unpaired) electrons. The molecule has 1 unspecified atom stereocenters. The van der Waals surface area contributed by atoms with Crippen LogP contribution in [0.1, 0.15) is 33.6 Å². The Balaban J connectivity index is 4.30. The van der Waals surface area contributed by atoms with E-state index >= 15 is 0 Å². The van der Waals surface area contributed by atoms with Gasteiger partial charge in [0.2, 0.25) is 11.8 Å². The van der Waals surface area contributed by atoms with E-state index < -0.39 is 25.2 Å². The van der Waals surface area contributed by atoms with Gasteiger partial charge in [0.15, 0.2) is 0 Å². The molecule has 0 spiro atoms. The molecule has 0 rings (SSSR count). The van der Waals surface area contributed by atoms with E-state index in [0.717, 1.165) is 6.42 Å². The molecular formula is C12H24IN2O7P. The van der Waals surface area contributed by atoms with Crippen LogP contribution in [-0.4, -0.2) is 47.6 Å². The van der Waals surface area contributed by atoms with Gasteiger partial charge in [-0.25, -0.2) is 7.42 Å². The number of carbonyl (C=O) groups excluding carboxylic acids is 2. The molecule has 2 amide bonds. The monoisotopic (exact) mass is 466 g/mol. The van der Waals surface area contributed by atoms with Crippen molar-refractivity contribution in [2.75, 3.05) is 19.7 Å². The standard InChI is InChI=1S/C12H24IN2O7P/c1-4-6-14-9(16)5-7-15-11(18)10(17)12(2,3)8-21-23(19,20)22-13/h10,17H,4-8H2,1-3H3,(H,14,16)(H,15,18)(H,19,20)/t10-/m1/s1. The zero-order chi connectivity index (χ0) is 18.1. The summed E-state index contributed by atoms with van der Waals surface area (Å²) in [6.07, 6.45) is -0.555. The normalized spacial score (nSPS) is 15.6. The summed E-state index contributed by atoms with van der Waals surface area (Å²) in [6, 6.07) is 0. The summed E-state index contributed by atoms with van der Waals surface area (Å²) in [6.45, 7) is 5.21. The van der Waals surface area contributed by atoms with E-state index in [1.54, 1.807) is 0 Å². The van der Waals surface area contributed by atoms with Crippen LogP contribution >= 0.6 is 30.8 Å². The molecule has 0 saturated heterocycles. The van der Waals surface area contributed by atoms with Crippen molar-refractivity contribution in [3.63, 3.8) is 0 Å². The number of rotatable bonds is 11. The maximum Gasteiger partial charge on any atom is 0.481 e. The smallest absolute Gasteiger partial charge is 0.383 e. The average Bonchev–Trinajstić information content (AvgIpc) is 2.50. The van der Waals surface area contributed by atoms with E-state index in [1.165, 1.54) is 36.9 Å². The fourth-order valence-corrected chi connectivity index (χ4v) is 2.33. The molecule has 23 heavy (non-hydrogen) atoms. The van der Waals surface area contributed by atoms with Crippen LogP contribution in [-0.2, 0) is 21.5 Å². The highest BCUT2D eigenvalue weighted by molar-refractivity contribution is 14.1. The molecule has 2 atom stereocenters. The first-order valence-electron chi connectivity index (χ1n) is 7.06. The first-order valence-corrected chi connectivity index (χ1v) is 9.43. The first kappa shape index (κ1) is 22.7. The predicted octanol–water partition coefficient (Wildman–Crippen LogP) is 0.890. The molecule has 0 aromatic carbocycles. The van der Waals surface area contributed by atoms with Crippen LogP contribution in [0.4, 0.5) is 0 Å². The molecule has 0 aliphatic heterocycles. The van der Waals surface area contributed by atoms with Gasteiger partial charge in [0.25, 0.3) is 0 Å². The largest absolute Gasteiger partial charge is 0.481 e. The van der Waals surface area contributed by atoms with Crippen LogP contribution in [0.3, 0.4) is 0 Å². The highest BCUT2D eigenvalue weighted by Crippen LogP contribution is 2.47. The molecule has 0 heterocycles. The number of hydrogen-bond acceptors (Lipinski definition) is 6. The second-order valence-electron chi connectivity index (χ2n) is 5.59. The van der Waals surface area contributed by atoms with E-state index in [1.807, 2.05) is 6.92 Å². The quantitative estimate of drug-likeness (QED) is 0.263. The molecule has 0 aromatic rings. The van der Waals surface area contributed by atoms with E-state index in [2.05, 4.69) is 18.0 Å². The molecule has 9 nitrogen and oxygen atoms in total. The minimum atomic E-state index is -4.19. The zero-order valence-corrected chi connectivity index (χ0v) is 16.4. The molecule has 0 saturated carbocycles. The number of nitrogens with one attached hydrogen (secondary N) is 2. The number of phosphoric acid groups is 1.